The Morgan fingerprint density at radius 1 is 1.31 bits per heavy atom. The van der Waals surface area contributed by atoms with E-state index in [1.807, 2.05) is 0 Å². The lowest BCUT2D eigenvalue weighted by Gasteiger charge is -2.28. The second-order valence-corrected chi connectivity index (χ2v) is 6.94. The molecule has 0 aromatic carbocycles. The summed E-state index contributed by atoms with van der Waals surface area (Å²) in [6.45, 7) is 1.74. The van der Waals surface area contributed by atoms with E-state index in [0.717, 1.165) is 38.5 Å². The Labute approximate surface area is 150 Å². The van der Waals surface area contributed by atoms with Gasteiger partial charge in [-0.05, 0) is 44.4 Å². The molecule has 140 valence electrons. The van der Waals surface area contributed by atoms with Crippen molar-refractivity contribution < 1.29 is 19.4 Å². The SMILES string of the molecule is O=C(O)N(CC1CCOCC1)c1cc(OC2CCCC2)nn2cnnc12. The van der Waals surface area contributed by atoms with Crippen LogP contribution in [0, 0.1) is 5.92 Å². The first-order valence-corrected chi connectivity index (χ1v) is 9.16. The van der Waals surface area contributed by atoms with Gasteiger partial charge in [0.2, 0.25) is 11.5 Å². The average Bonchev–Trinajstić information content (AvgIpc) is 3.31. The van der Waals surface area contributed by atoms with Crippen LogP contribution in [0.1, 0.15) is 38.5 Å². The molecule has 1 saturated heterocycles. The van der Waals surface area contributed by atoms with E-state index in [1.165, 1.54) is 15.7 Å². The van der Waals surface area contributed by atoms with E-state index in [1.54, 1.807) is 6.07 Å². The number of hydrogen-bond donors (Lipinski definition) is 1. The second-order valence-electron chi connectivity index (χ2n) is 6.94. The Bertz CT molecular complexity index is 768. The third-order valence-corrected chi connectivity index (χ3v) is 5.12. The smallest absolute Gasteiger partial charge is 0.411 e. The van der Waals surface area contributed by atoms with Crippen molar-refractivity contribution >= 4 is 17.4 Å². The number of carboxylic acid groups (broad SMARTS) is 1. The lowest BCUT2D eigenvalue weighted by molar-refractivity contribution is 0.0680. The molecule has 1 aliphatic heterocycles. The Balaban J connectivity index is 1.64. The van der Waals surface area contributed by atoms with Gasteiger partial charge in [0.1, 0.15) is 12.4 Å². The zero-order valence-corrected chi connectivity index (χ0v) is 14.6. The standard InChI is InChI=1S/C17H23N5O4/c23-17(24)21(10-12-5-7-25-8-6-12)14-9-15(26-13-3-1-2-4-13)20-22-11-18-19-16(14)22/h9,11-13H,1-8,10H2,(H,23,24). The van der Waals surface area contributed by atoms with Gasteiger partial charge in [-0.3, -0.25) is 4.90 Å². The molecule has 0 bridgehead atoms. The van der Waals surface area contributed by atoms with Crippen LogP contribution in [-0.2, 0) is 4.74 Å². The van der Waals surface area contributed by atoms with Gasteiger partial charge in [-0.1, -0.05) is 0 Å². The Kier molecular flexibility index (Phi) is 4.87. The third kappa shape index (κ3) is 3.57. The van der Waals surface area contributed by atoms with Crippen LogP contribution in [0.2, 0.25) is 0 Å². The van der Waals surface area contributed by atoms with Crippen molar-refractivity contribution in [3.05, 3.63) is 12.4 Å². The van der Waals surface area contributed by atoms with Crippen LogP contribution >= 0.6 is 0 Å². The molecule has 26 heavy (non-hydrogen) atoms. The van der Waals surface area contributed by atoms with Crippen LogP contribution < -0.4 is 9.64 Å². The minimum absolute atomic E-state index is 0.137. The molecule has 4 rings (SSSR count). The van der Waals surface area contributed by atoms with E-state index in [-0.39, 0.29) is 12.0 Å². The summed E-state index contributed by atoms with van der Waals surface area (Å²) in [5.74, 6) is 0.674. The monoisotopic (exact) mass is 361 g/mol. The van der Waals surface area contributed by atoms with E-state index >= 15 is 0 Å². The summed E-state index contributed by atoms with van der Waals surface area (Å²) in [6.07, 6.45) is 6.59. The number of ether oxygens (including phenoxy) is 2. The highest BCUT2D eigenvalue weighted by atomic mass is 16.5. The molecule has 3 heterocycles. The van der Waals surface area contributed by atoms with Gasteiger partial charge in [-0.25, -0.2) is 4.79 Å². The molecule has 2 aliphatic rings. The summed E-state index contributed by atoms with van der Waals surface area (Å²) >= 11 is 0. The first-order valence-electron chi connectivity index (χ1n) is 9.16. The Hall–Kier alpha value is -2.42. The highest BCUT2D eigenvalue weighted by Gasteiger charge is 2.26. The predicted molar refractivity (Wildman–Crippen MR) is 92.6 cm³/mol. The Morgan fingerprint density at radius 3 is 2.81 bits per heavy atom. The summed E-state index contributed by atoms with van der Waals surface area (Å²) in [5, 5.41) is 22.1. The molecule has 0 spiro atoms. The first kappa shape index (κ1) is 17.0. The van der Waals surface area contributed by atoms with E-state index in [9.17, 15) is 9.90 Å². The van der Waals surface area contributed by atoms with Crippen molar-refractivity contribution in [2.75, 3.05) is 24.7 Å². The van der Waals surface area contributed by atoms with E-state index in [0.29, 0.717) is 37.0 Å². The van der Waals surface area contributed by atoms with Gasteiger partial charge in [0.25, 0.3) is 0 Å². The molecule has 1 saturated carbocycles. The van der Waals surface area contributed by atoms with Gasteiger partial charge in [0.15, 0.2) is 0 Å². The second kappa shape index (κ2) is 7.45. The van der Waals surface area contributed by atoms with Crippen molar-refractivity contribution in [1.82, 2.24) is 19.8 Å². The van der Waals surface area contributed by atoms with Crippen LogP contribution in [0.4, 0.5) is 10.5 Å². The van der Waals surface area contributed by atoms with Gasteiger partial charge in [-0.2, -0.15) is 4.52 Å². The van der Waals surface area contributed by atoms with Crippen LogP contribution in [0.3, 0.4) is 0 Å². The van der Waals surface area contributed by atoms with Crippen molar-refractivity contribution in [3.8, 4) is 5.88 Å². The topological polar surface area (TPSA) is 102 Å². The lowest BCUT2D eigenvalue weighted by atomic mass is 9.99. The fraction of sp³-hybridized carbons (Fsp3) is 0.647. The van der Waals surface area contributed by atoms with Gasteiger partial charge in [0.05, 0.1) is 5.69 Å². The van der Waals surface area contributed by atoms with Gasteiger partial charge in [0, 0.05) is 25.8 Å². The molecule has 0 unspecified atom stereocenters. The van der Waals surface area contributed by atoms with E-state index in [4.69, 9.17) is 9.47 Å². The minimum atomic E-state index is -1.01. The van der Waals surface area contributed by atoms with Crippen LogP contribution in [-0.4, -0.2) is 56.9 Å². The molecule has 1 N–H and O–H groups in total. The quantitative estimate of drug-likeness (QED) is 0.872. The lowest BCUT2D eigenvalue weighted by Crippen LogP contribution is -2.36. The number of fused-ring (bicyclic) bond motifs is 1. The third-order valence-electron chi connectivity index (χ3n) is 5.12. The molecule has 2 aromatic heterocycles. The summed E-state index contributed by atoms with van der Waals surface area (Å²) in [6, 6.07) is 1.68. The molecular formula is C17H23N5O4. The zero-order chi connectivity index (χ0) is 17.9. The minimum Gasteiger partial charge on any atom is -0.473 e. The predicted octanol–water partition coefficient (Wildman–Crippen LogP) is 2.36. The number of anilines is 1. The number of hydrogen-bond acceptors (Lipinski definition) is 6. The van der Waals surface area contributed by atoms with Crippen molar-refractivity contribution in [1.29, 1.82) is 0 Å². The van der Waals surface area contributed by atoms with Crippen molar-refractivity contribution in [3.63, 3.8) is 0 Å². The summed E-state index contributed by atoms with van der Waals surface area (Å²) in [4.78, 5) is 13.3. The fourth-order valence-electron chi connectivity index (χ4n) is 3.69. The molecule has 2 fully saturated rings. The normalized spacial score (nSPS) is 19.1. The first-order chi connectivity index (χ1) is 12.7. The van der Waals surface area contributed by atoms with E-state index < -0.39 is 6.09 Å². The molecule has 0 atom stereocenters. The largest absolute Gasteiger partial charge is 0.473 e. The van der Waals surface area contributed by atoms with Gasteiger partial charge >= 0.3 is 6.09 Å². The maximum Gasteiger partial charge on any atom is 0.411 e. The molecule has 9 nitrogen and oxygen atoms in total. The van der Waals surface area contributed by atoms with Crippen LogP contribution in [0.5, 0.6) is 5.88 Å². The molecule has 0 radical (unpaired) electrons. The molecule has 1 amide bonds. The average molecular weight is 361 g/mol. The number of carbonyl (C=O) groups is 1. The summed E-state index contributed by atoms with van der Waals surface area (Å²) in [7, 11) is 0. The zero-order valence-electron chi connectivity index (χ0n) is 14.6. The number of aromatic nitrogens is 4. The number of nitrogens with zero attached hydrogens (tertiary/aromatic N) is 5. The summed E-state index contributed by atoms with van der Waals surface area (Å²) in [5.41, 5.74) is 0.878. The summed E-state index contributed by atoms with van der Waals surface area (Å²) < 4.78 is 12.8. The maximum absolute atomic E-state index is 12.0. The molecule has 1 aliphatic carbocycles. The number of rotatable bonds is 5. The van der Waals surface area contributed by atoms with Gasteiger partial charge < -0.3 is 14.6 Å². The molecule has 2 aromatic rings. The molecular weight excluding hydrogens is 338 g/mol. The van der Waals surface area contributed by atoms with Crippen molar-refractivity contribution in [2.45, 2.75) is 44.6 Å². The van der Waals surface area contributed by atoms with Crippen LogP contribution in [0.25, 0.3) is 5.65 Å². The van der Waals surface area contributed by atoms with Gasteiger partial charge in [-0.15, -0.1) is 15.3 Å². The highest BCUT2D eigenvalue weighted by Crippen LogP contribution is 2.29. The number of amides is 1. The fourth-order valence-corrected chi connectivity index (χ4v) is 3.69. The van der Waals surface area contributed by atoms with E-state index in [2.05, 4.69) is 15.3 Å². The Morgan fingerprint density at radius 2 is 2.08 bits per heavy atom. The highest BCUT2D eigenvalue weighted by molar-refractivity contribution is 5.91. The molecule has 9 heteroatoms. The van der Waals surface area contributed by atoms with Crippen molar-refractivity contribution in [2.24, 2.45) is 5.92 Å². The van der Waals surface area contributed by atoms with Crippen LogP contribution in [0.15, 0.2) is 12.4 Å². The maximum atomic E-state index is 12.0.